The second-order valence-corrected chi connectivity index (χ2v) is 5.39. The molecule has 5 nitrogen and oxygen atoms in total. The minimum absolute atomic E-state index is 0.222. The van der Waals surface area contributed by atoms with E-state index in [2.05, 4.69) is 20.6 Å². The van der Waals surface area contributed by atoms with Gasteiger partial charge in [0.25, 0.3) is 5.91 Å². The van der Waals surface area contributed by atoms with Crippen molar-refractivity contribution in [2.24, 2.45) is 4.99 Å². The Balaban J connectivity index is 1.62. The highest BCUT2D eigenvalue weighted by Crippen LogP contribution is 2.18. The third-order valence-electron chi connectivity index (χ3n) is 3.66. The summed E-state index contributed by atoms with van der Waals surface area (Å²) in [5.74, 6) is 0.208. The monoisotopic (exact) mass is 314 g/mol. The molecule has 0 saturated heterocycles. The van der Waals surface area contributed by atoms with Gasteiger partial charge in [0, 0.05) is 17.3 Å². The average Bonchev–Trinajstić information content (AvgIpc) is 2.95. The molecular weight excluding hydrogens is 300 g/mol. The highest BCUT2D eigenvalue weighted by molar-refractivity contribution is 6.17. The van der Waals surface area contributed by atoms with Crippen molar-refractivity contribution in [3.8, 4) is 0 Å². The summed E-state index contributed by atoms with van der Waals surface area (Å²) in [4.78, 5) is 20.7. The number of fused-ring (bicyclic) bond motifs is 1. The maximum absolute atomic E-state index is 12.1. The van der Waals surface area contributed by atoms with Crippen LogP contribution in [0.4, 0.5) is 5.69 Å². The van der Waals surface area contributed by atoms with E-state index in [0.29, 0.717) is 11.7 Å². The Morgan fingerprint density at radius 2 is 1.88 bits per heavy atom. The van der Waals surface area contributed by atoms with Crippen LogP contribution in [0, 0.1) is 0 Å². The smallest absolute Gasteiger partial charge is 0.276 e. The van der Waals surface area contributed by atoms with Gasteiger partial charge >= 0.3 is 0 Å². The number of carbonyl (C=O) groups excluding carboxylic acids is 1. The van der Waals surface area contributed by atoms with E-state index < -0.39 is 0 Å². The lowest BCUT2D eigenvalue weighted by molar-refractivity contribution is -0.115. The van der Waals surface area contributed by atoms with Crippen LogP contribution in [0.15, 0.2) is 77.5 Å². The standard InChI is InChI=1S/C19H14N4O/c24-18-17(22-19(23-18)21-15-6-2-1-3-7-15)12-13-8-9-16-14(11-13)5-4-10-20-16/h1-12H,(H2,21,22,23,24)/b17-12-. The zero-order valence-electron chi connectivity index (χ0n) is 12.7. The van der Waals surface area contributed by atoms with Gasteiger partial charge in [-0.2, -0.15) is 0 Å². The number of aromatic nitrogens is 1. The fraction of sp³-hybridized carbons (Fsp3) is 0. The molecule has 0 unspecified atom stereocenters. The molecule has 0 spiro atoms. The van der Waals surface area contributed by atoms with Crippen LogP contribution in [0.25, 0.3) is 17.0 Å². The van der Waals surface area contributed by atoms with Gasteiger partial charge in [-0.25, -0.2) is 4.99 Å². The lowest BCUT2D eigenvalue weighted by Gasteiger charge is -2.03. The molecule has 1 aliphatic heterocycles. The van der Waals surface area contributed by atoms with Crippen molar-refractivity contribution in [1.29, 1.82) is 0 Å². The number of hydrogen-bond acceptors (Lipinski definition) is 4. The SMILES string of the molecule is O=C1NC(Nc2ccccc2)=N/C1=C\c1ccc2ncccc2c1. The van der Waals surface area contributed by atoms with E-state index in [1.54, 1.807) is 12.3 Å². The van der Waals surface area contributed by atoms with Crippen LogP contribution >= 0.6 is 0 Å². The Hall–Kier alpha value is -3.47. The highest BCUT2D eigenvalue weighted by atomic mass is 16.2. The lowest BCUT2D eigenvalue weighted by Crippen LogP contribution is -2.29. The van der Waals surface area contributed by atoms with Crippen LogP contribution in [0.2, 0.25) is 0 Å². The molecule has 2 N–H and O–H groups in total. The first-order valence-electron chi connectivity index (χ1n) is 7.56. The fourth-order valence-electron chi connectivity index (χ4n) is 2.53. The zero-order valence-corrected chi connectivity index (χ0v) is 12.7. The lowest BCUT2D eigenvalue weighted by atomic mass is 10.1. The first-order chi connectivity index (χ1) is 11.8. The van der Waals surface area contributed by atoms with E-state index in [1.807, 2.05) is 60.7 Å². The maximum atomic E-state index is 12.1. The van der Waals surface area contributed by atoms with Gasteiger partial charge in [0.05, 0.1) is 5.52 Å². The highest BCUT2D eigenvalue weighted by Gasteiger charge is 2.19. The number of nitrogens with one attached hydrogen (secondary N) is 2. The number of amides is 1. The minimum atomic E-state index is -0.222. The Labute approximate surface area is 138 Å². The van der Waals surface area contributed by atoms with Crippen LogP contribution in [0.5, 0.6) is 0 Å². The van der Waals surface area contributed by atoms with E-state index in [-0.39, 0.29) is 5.91 Å². The summed E-state index contributed by atoms with van der Waals surface area (Å²) in [6, 6.07) is 19.3. The number of hydrogen-bond donors (Lipinski definition) is 2. The van der Waals surface area contributed by atoms with E-state index in [1.165, 1.54) is 0 Å². The Kier molecular flexibility index (Phi) is 3.51. The number of guanidine groups is 1. The van der Waals surface area contributed by atoms with Crippen LogP contribution in [-0.2, 0) is 4.79 Å². The van der Waals surface area contributed by atoms with Crippen LogP contribution in [-0.4, -0.2) is 16.9 Å². The Morgan fingerprint density at radius 1 is 1.00 bits per heavy atom. The summed E-state index contributed by atoms with van der Waals surface area (Å²) in [5, 5.41) is 6.84. The predicted octanol–water partition coefficient (Wildman–Crippen LogP) is 3.17. The molecule has 0 bridgehead atoms. The largest absolute Gasteiger partial charge is 0.326 e. The minimum Gasteiger partial charge on any atom is -0.326 e. The van der Waals surface area contributed by atoms with Gasteiger partial charge in [-0.15, -0.1) is 0 Å². The molecule has 24 heavy (non-hydrogen) atoms. The molecule has 116 valence electrons. The zero-order chi connectivity index (χ0) is 16.4. The van der Waals surface area contributed by atoms with Gasteiger partial charge in [-0.05, 0) is 42.0 Å². The normalized spacial score (nSPS) is 15.4. The molecule has 5 heteroatoms. The van der Waals surface area contributed by atoms with Crippen molar-refractivity contribution >= 4 is 34.5 Å². The van der Waals surface area contributed by atoms with Gasteiger partial charge in [0.15, 0.2) is 0 Å². The average molecular weight is 314 g/mol. The van der Waals surface area contributed by atoms with Crippen LogP contribution in [0.3, 0.4) is 0 Å². The Bertz CT molecular complexity index is 977. The summed E-state index contributed by atoms with van der Waals surface area (Å²) in [7, 11) is 0. The van der Waals surface area contributed by atoms with Gasteiger partial charge in [0.1, 0.15) is 5.70 Å². The number of pyridine rings is 1. The molecule has 2 heterocycles. The number of para-hydroxylation sites is 1. The summed E-state index contributed by atoms with van der Waals surface area (Å²) in [5.41, 5.74) is 3.07. The number of benzene rings is 2. The second-order valence-electron chi connectivity index (χ2n) is 5.39. The maximum Gasteiger partial charge on any atom is 0.276 e. The summed E-state index contributed by atoms with van der Waals surface area (Å²) in [6.45, 7) is 0. The molecule has 1 aromatic heterocycles. The fourth-order valence-corrected chi connectivity index (χ4v) is 2.53. The second kappa shape index (κ2) is 5.96. The quantitative estimate of drug-likeness (QED) is 0.714. The summed E-state index contributed by atoms with van der Waals surface area (Å²) >= 11 is 0. The molecule has 0 atom stereocenters. The molecular formula is C19H14N4O. The van der Waals surface area contributed by atoms with Crippen molar-refractivity contribution < 1.29 is 4.79 Å². The molecule has 2 aromatic carbocycles. The first-order valence-corrected chi connectivity index (χ1v) is 7.56. The van der Waals surface area contributed by atoms with Gasteiger partial charge in [-0.1, -0.05) is 30.3 Å². The summed E-state index contributed by atoms with van der Waals surface area (Å²) in [6.07, 6.45) is 3.53. The number of anilines is 1. The van der Waals surface area contributed by atoms with Crippen molar-refractivity contribution in [2.45, 2.75) is 0 Å². The molecule has 1 aliphatic rings. The van der Waals surface area contributed by atoms with Gasteiger partial charge < -0.3 is 5.32 Å². The molecule has 0 aliphatic carbocycles. The van der Waals surface area contributed by atoms with E-state index in [4.69, 9.17) is 0 Å². The third-order valence-corrected chi connectivity index (χ3v) is 3.66. The number of aliphatic imine (C=N–C) groups is 1. The number of nitrogens with zero attached hydrogens (tertiary/aromatic N) is 2. The molecule has 4 rings (SSSR count). The number of rotatable bonds is 2. The molecule has 0 saturated carbocycles. The van der Waals surface area contributed by atoms with Gasteiger partial charge in [-0.3, -0.25) is 15.1 Å². The van der Waals surface area contributed by atoms with Crippen molar-refractivity contribution in [3.05, 3.63) is 78.1 Å². The van der Waals surface area contributed by atoms with Crippen LogP contribution < -0.4 is 10.6 Å². The van der Waals surface area contributed by atoms with E-state index >= 15 is 0 Å². The van der Waals surface area contributed by atoms with Crippen molar-refractivity contribution in [1.82, 2.24) is 10.3 Å². The van der Waals surface area contributed by atoms with Gasteiger partial charge in [0.2, 0.25) is 5.96 Å². The molecule has 3 aromatic rings. The molecule has 0 radical (unpaired) electrons. The van der Waals surface area contributed by atoms with Crippen molar-refractivity contribution in [2.75, 3.05) is 5.32 Å². The van der Waals surface area contributed by atoms with Crippen molar-refractivity contribution in [3.63, 3.8) is 0 Å². The predicted molar refractivity (Wildman–Crippen MR) is 95.4 cm³/mol. The molecule has 1 amide bonds. The summed E-state index contributed by atoms with van der Waals surface area (Å²) < 4.78 is 0. The molecule has 0 fully saturated rings. The van der Waals surface area contributed by atoms with E-state index in [9.17, 15) is 4.79 Å². The number of carbonyl (C=O) groups is 1. The Morgan fingerprint density at radius 3 is 2.75 bits per heavy atom. The first kappa shape index (κ1) is 14.1. The topological polar surface area (TPSA) is 66.4 Å². The van der Waals surface area contributed by atoms with Crippen LogP contribution in [0.1, 0.15) is 5.56 Å². The third kappa shape index (κ3) is 2.87. The van der Waals surface area contributed by atoms with E-state index in [0.717, 1.165) is 22.2 Å².